The Morgan fingerprint density at radius 2 is 1.94 bits per heavy atom. The Morgan fingerprint density at radius 1 is 1.18 bits per heavy atom. The number of hydrogen-bond acceptors (Lipinski definition) is 2. The molecule has 1 aromatic carbocycles. The standard InChI is InChI=1S/C12H8Cl2FNO/c1-7-6-16-12(14)5-11(7)17-10-3-2-8(15)4-9(10)13/h2-6H,1H3. The number of aromatic nitrogens is 1. The Kier molecular flexibility index (Phi) is 3.50. The van der Waals surface area contributed by atoms with Crippen molar-refractivity contribution in [3.05, 3.63) is 52.0 Å². The molecule has 2 rings (SSSR count). The molecular formula is C12H8Cl2FNO. The Hall–Kier alpha value is -1.32. The molecule has 17 heavy (non-hydrogen) atoms. The zero-order valence-corrected chi connectivity index (χ0v) is 10.4. The second-order valence-corrected chi connectivity index (χ2v) is 4.24. The molecule has 0 atom stereocenters. The Labute approximate surface area is 108 Å². The maximum atomic E-state index is 12.9. The Morgan fingerprint density at radius 3 is 2.65 bits per heavy atom. The van der Waals surface area contributed by atoms with E-state index in [4.69, 9.17) is 27.9 Å². The molecule has 0 unspecified atom stereocenters. The highest BCUT2D eigenvalue weighted by molar-refractivity contribution is 6.32. The molecule has 5 heteroatoms. The summed E-state index contributed by atoms with van der Waals surface area (Å²) in [4.78, 5) is 3.91. The van der Waals surface area contributed by atoms with Gasteiger partial charge in [-0.15, -0.1) is 0 Å². The highest BCUT2D eigenvalue weighted by Gasteiger charge is 2.07. The average molecular weight is 272 g/mol. The molecular weight excluding hydrogens is 264 g/mol. The van der Waals surface area contributed by atoms with Gasteiger partial charge in [0.25, 0.3) is 0 Å². The summed E-state index contributed by atoms with van der Waals surface area (Å²) in [5.41, 5.74) is 0.815. The van der Waals surface area contributed by atoms with E-state index in [1.165, 1.54) is 18.2 Å². The summed E-state index contributed by atoms with van der Waals surface area (Å²) < 4.78 is 18.4. The van der Waals surface area contributed by atoms with Crippen LogP contribution in [0.2, 0.25) is 10.2 Å². The lowest BCUT2D eigenvalue weighted by atomic mass is 10.3. The number of rotatable bonds is 2. The van der Waals surface area contributed by atoms with Crippen LogP contribution in [0.15, 0.2) is 30.5 Å². The second-order valence-electron chi connectivity index (χ2n) is 3.45. The summed E-state index contributed by atoms with van der Waals surface area (Å²) in [5.74, 6) is 0.503. The van der Waals surface area contributed by atoms with E-state index in [0.717, 1.165) is 5.56 Å². The van der Waals surface area contributed by atoms with Gasteiger partial charge in [0.1, 0.15) is 22.5 Å². The maximum Gasteiger partial charge on any atom is 0.146 e. The minimum Gasteiger partial charge on any atom is -0.455 e. The SMILES string of the molecule is Cc1cnc(Cl)cc1Oc1ccc(F)cc1Cl. The first-order chi connectivity index (χ1) is 8.06. The fraction of sp³-hybridized carbons (Fsp3) is 0.0833. The lowest BCUT2D eigenvalue weighted by Gasteiger charge is -2.09. The van der Waals surface area contributed by atoms with Gasteiger partial charge in [0, 0.05) is 17.8 Å². The highest BCUT2D eigenvalue weighted by atomic mass is 35.5. The van der Waals surface area contributed by atoms with Crippen LogP contribution in [0.1, 0.15) is 5.56 Å². The molecule has 0 amide bonds. The number of pyridine rings is 1. The molecule has 0 aliphatic heterocycles. The molecule has 1 heterocycles. The molecule has 0 N–H and O–H groups in total. The zero-order chi connectivity index (χ0) is 12.4. The van der Waals surface area contributed by atoms with Gasteiger partial charge in [0.15, 0.2) is 0 Å². The van der Waals surface area contributed by atoms with Crippen molar-refractivity contribution in [2.24, 2.45) is 0 Å². The van der Waals surface area contributed by atoms with E-state index in [1.807, 2.05) is 6.92 Å². The minimum absolute atomic E-state index is 0.206. The van der Waals surface area contributed by atoms with Crippen LogP contribution in [0.25, 0.3) is 0 Å². The van der Waals surface area contributed by atoms with Crippen LogP contribution in [0.4, 0.5) is 4.39 Å². The summed E-state index contributed by atoms with van der Waals surface area (Å²) in [6, 6.07) is 5.51. The van der Waals surface area contributed by atoms with Gasteiger partial charge < -0.3 is 4.74 Å². The first-order valence-electron chi connectivity index (χ1n) is 4.81. The van der Waals surface area contributed by atoms with E-state index in [1.54, 1.807) is 12.3 Å². The summed E-state index contributed by atoms with van der Waals surface area (Å²) in [7, 11) is 0. The molecule has 1 aromatic heterocycles. The third-order valence-corrected chi connectivity index (χ3v) is 2.64. The average Bonchev–Trinajstić information content (AvgIpc) is 2.27. The normalized spacial score (nSPS) is 10.4. The summed E-state index contributed by atoms with van der Waals surface area (Å²) in [6.07, 6.45) is 1.59. The monoisotopic (exact) mass is 271 g/mol. The Balaban J connectivity index is 2.34. The van der Waals surface area contributed by atoms with Gasteiger partial charge in [0.05, 0.1) is 5.02 Å². The quantitative estimate of drug-likeness (QED) is 0.743. The third kappa shape index (κ3) is 2.87. The van der Waals surface area contributed by atoms with Gasteiger partial charge >= 0.3 is 0 Å². The van der Waals surface area contributed by atoms with Crippen LogP contribution in [0.3, 0.4) is 0 Å². The predicted molar refractivity (Wildman–Crippen MR) is 65.5 cm³/mol. The van der Waals surface area contributed by atoms with Crippen molar-refractivity contribution >= 4 is 23.2 Å². The Bertz CT molecular complexity index is 560. The van der Waals surface area contributed by atoms with Gasteiger partial charge in [-0.2, -0.15) is 0 Å². The van der Waals surface area contributed by atoms with Crippen LogP contribution in [-0.4, -0.2) is 4.98 Å². The molecule has 0 radical (unpaired) electrons. The van der Waals surface area contributed by atoms with Crippen LogP contribution in [-0.2, 0) is 0 Å². The predicted octanol–water partition coefficient (Wildman–Crippen LogP) is 4.63. The molecule has 0 spiro atoms. The van der Waals surface area contributed by atoms with Crippen molar-refractivity contribution in [2.75, 3.05) is 0 Å². The van der Waals surface area contributed by atoms with Crippen molar-refractivity contribution < 1.29 is 9.13 Å². The van der Waals surface area contributed by atoms with Crippen molar-refractivity contribution in [3.8, 4) is 11.5 Å². The van der Waals surface area contributed by atoms with Crippen LogP contribution in [0, 0.1) is 12.7 Å². The number of hydrogen-bond donors (Lipinski definition) is 0. The molecule has 0 bridgehead atoms. The second kappa shape index (κ2) is 4.90. The number of ether oxygens (including phenoxy) is 1. The van der Waals surface area contributed by atoms with Gasteiger partial charge in [-0.25, -0.2) is 9.37 Å². The molecule has 0 aliphatic rings. The highest BCUT2D eigenvalue weighted by Crippen LogP contribution is 2.32. The molecule has 2 aromatic rings. The third-order valence-electron chi connectivity index (χ3n) is 2.13. The number of aryl methyl sites for hydroxylation is 1. The van der Waals surface area contributed by atoms with E-state index in [-0.39, 0.29) is 5.02 Å². The van der Waals surface area contributed by atoms with Crippen molar-refractivity contribution in [2.45, 2.75) is 6.92 Å². The lowest BCUT2D eigenvalue weighted by Crippen LogP contribution is -1.90. The molecule has 0 saturated heterocycles. The van der Waals surface area contributed by atoms with Crippen LogP contribution >= 0.6 is 23.2 Å². The van der Waals surface area contributed by atoms with Crippen molar-refractivity contribution in [1.29, 1.82) is 0 Å². The molecule has 2 nitrogen and oxygen atoms in total. The van der Waals surface area contributed by atoms with Crippen molar-refractivity contribution in [1.82, 2.24) is 4.98 Å². The topological polar surface area (TPSA) is 22.1 Å². The summed E-state index contributed by atoms with van der Waals surface area (Å²) in [6.45, 7) is 1.83. The van der Waals surface area contributed by atoms with E-state index < -0.39 is 5.82 Å². The number of benzene rings is 1. The fourth-order valence-corrected chi connectivity index (χ4v) is 1.62. The number of nitrogens with zero attached hydrogens (tertiary/aromatic N) is 1. The first-order valence-corrected chi connectivity index (χ1v) is 5.57. The van der Waals surface area contributed by atoms with E-state index >= 15 is 0 Å². The zero-order valence-electron chi connectivity index (χ0n) is 8.88. The van der Waals surface area contributed by atoms with E-state index in [0.29, 0.717) is 16.7 Å². The van der Waals surface area contributed by atoms with E-state index in [2.05, 4.69) is 4.98 Å². The molecule has 0 aliphatic carbocycles. The summed E-state index contributed by atoms with van der Waals surface area (Å²) >= 11 is 11.6. The molecule has 0 saturated carbocycles. The van der Waals surface area contributed by atoms with Crippen LogP contribution < -0.4 is 4.74 Å². The largest absolute Gasteiger partial charge is 0.455 e. The van der Waals surface area contributed by atoms with Gasteiger partial charge in [0.2, 0.25) is 0 Å². The number of halogens is 3. The molecule has 0 fully saturated rings. The van der Waals surface area contributed by atoms with Gasteiger partial charge in [-0.3, -0.25) is 0 Å². The first kappa shape index (κ1) is 12.1. The smallest absolute Gasteiger partial charge is 0.146 e. The summed E-state index contributed by atoms with van der Waals surface area (Å²) in [5, 5.41) is 0.529. The van der Waals surface area contributed by atoms with Gasteiger partial charge in [-0.05, 0) is 25.1 Å². The van der Waals surface area contributed by atoms with Crippen molar-refractivity contribution in [3.63, 3.8) is 0 Å². The fourth-order valence-electron chi connectivity index (χ4n) is 1.27. The van der Waals surface area contributed by atoms with Gasteiger partial charge in [-0.1, -0.05) is 23.2 Å². The minimum atomic E-state index is -0.410. The molecule has 88 valence electrons. The van der Waals surface area contributed by atoms with Crippen LogP contribution in [0.5, 0.6) is 11.5 Å². The maximum absolute atomic E-state index is 12.9. The lowest BCUT2D eigenvalue weighted by molar-refractivity contribution is 0.476. The van der Waals surface area contributed by atoms with E-state index in [9.17, 15) is 4.39 Å².